The van der Waals surface area contributed by atoms with Crippen LogP contribution in [-0.4, -0.2) is 30.5 Å². The Balaban J connectivity index is 2.16. The fourth-order valence-electron chi connectivity index (χ4n) is 1.35. The predicted octanol–water partition coefficient (Wildman–Crippen LogP) is 1.48. The predicted molar refractivity (Wildman–Crippen MR) is 74.9 cm³/mol. The van der Waals surface area contributed by atoms with Crippen molar-refractivity contribution in [3.05, 3.63) is 18.5 Å². The van der Waals surface area contributed by atoms with Gasteiger partial charge in [-0.1, -0.05) is 25.6 Å². The van der Waals surface area contributed by atoms with Gasteiger partial charge in [0, 0.05) is 18.1 Å². The summed E-state index contributed by atoms with van der Waals surface area (Å²) in [6.45, 7) is 4.38. The minimum Gasteiger partial charge on any atom is -0.292 e. The van der Waals surface area contributed by atoms with Crippen molar-refractivity contribution in [2.24, 2.45) is 11.8 Å². The van der Waals surface area contributed by atoms with E-state index in [4.69, 9.17) is 5.84 Å². The van der Waals surface area contributed by atoms with Gasteiger partial charge in [0.2, 0.25) is 5.95 Å². The van der Waals surface area contributed by atoms with E-state index >= 15 is 0 Å². The van der Waals surface area contributed by atoms with Crippen LogP contribution in [0.1, 0.15) is 20.3 Å². The molecule has 0 spiro atoms. The van der Waals surface area contributed by atoms with Crippen molar-refractivity contribution in [1.29, 1.82) is 0 Å². The van der Waals surface area contributed by atoms with Gasteiger partial charge in [-0.15, -0.1) is 0 Å². The van der Waals surface area contributed by atoms with Crippen LogP contribution in [0.25, 0.3) is 5.95 Å². The highest BCUT2D eigenvalue weighted by atomic mass is 32.2. The largest absolute Gasteiger partial charge is 0.292 e. The number of hydrogen-bond acceptors (Lipinski definition) is 7. The van der Waals surface area contributed by atoms with Crippen molar-refractivity contribution in [3.63, 3.8) is 0 Å². The molecule has 0 aromatic carbocycles. The fraction of sp³-hybridized carbons (Fsp3) is 0.455. The molecule has 7 nitrogen and oxygen atoms in total. The second-order valence-corrected chi connectivity index (χ2v) is 5.43. The molecule has 0 fully saturated rings. The number of hydrogen-bond donors (Lipinski definition) is 2. The standard InChI is InChI=1S/C11H17N7S/c1-8(2)4-7-19-11-15-9(17-12)14-10(16-11)18-6-3-5-13-18/h3,5-6,8H,4,7,12H2,1-2H3,(H,14,15,16,17). The first-order valence-electron chi connectivity index (χ1n) is 6.04. The Bertz CT molecular complexity index is 512. The molecule has 102 valence electrons. The lowest BCUT2D eigenvalue weighted by molar-refractivity contribution is 0.631. The molecule has 2 aromatic rings. The van der Waals surface area contributed by atoms with Gasteiger partial charge in [0.05, 0.1) is 0 Å². The Morgan fingerprint density at radius 2 is 2.21 bits per heavy atom. The van der Waals surface area contributed by atoms with E-state index in [-0.39, 0.29) is 0 Å². The molecule has 0 amide bonds. The molecule has 19 heavy (non-hydrogen) atoms. The summed E-state index contributed by atoms with van der Waals surface area (Å²) in [6, 6.07) is 1.81. The zero-order chi connectivity index (χ0) is 13.7. The number of rotatable bonds is 6. The number of thioether (sulfide) groups is 1. The van der Waals surface area contributed by atoms with Gasteiger partial charge in [-0.25, -0.2) is 10.5 Å². The van der Waals surface area contributed by atoms with Gasteiger partial charge in [-0.3, -0.25) is 5.43 Å². The monoisotopic (exact) mass is 279 g/mol. The third-order valence-corrected chi connectivity index (χ3v) is 3.25. The molecular weight excluding hydrogens is 262 g/mol. The van der Waals surface area contributed by atoms with Crippen LogP contribution in [0, 0.1) is 5.92 Å². The molecule has 3 N–H and O–H groups in total. The molecular formula is C11H17N7S. The SMILES string of the molecule is CC(C)CCSc1nc(NN)nc(-n2cccn2)n1. The number of aromatic nitrogens is 5. The Labute approximate surface area is 116 Å². The van der Waals surface area contributed by atoms with Gasteiger partial charge in [-0.2, -0.15) is 20.1 Å². The van der Waals surface area contributed by atoms with Crippen molar-refractivity contribution >= 4 is 17.7 Å². The smallest absolute Gasteiger partial charge is 0.256 e. The quantitative estimate of drug-likeness (QED) is 0.470. The highest BCUT2D eigenvalue weighted by Crippen LogP contribution is 2.18. The molecule has 0 aliphatic carbocycles. The van der Waals surface area contributed by atoms with E-state index in [1.807, 2.05) is 6.07 Å². The molecule has 2 rings (SSSR count). The molecule has 0 bridgehead atoms. The lowest BCUT2D eigenvalue weighted by Crippen LogP contribution is -2.14. The molecule has 0 saturated heterocycles. The molecule has 0 saturated carbocycles. The van der Waals surface area contributed by atoms with Crippen LogP contribution in [0.15, 0.2) is 23.6 Å². The zero-order valence-electron chi connectivity index (χ0n) is 10.9. The van der Waals surface area contributed by atoms with E-state index in [0.29, 0.717) is 23.0 Å². The number of nitrogens with two attached hydrogens (primary N) is 1. The molecule has 0 aliphatic heterocycles. The average molecular weight is 279 g/mol. The van der Waals surface area contributed by atoms with Crippen molar-refractivity contribution in [2.75, 3.05) is 11.2 Å². The van der Waals surface area contributed by atoms with Gasteiger partial charge >= 0.3 is 0 Å². The van der Waals surface area contributed by atoms with Crippen LogP contribution in [0.5, 0.6) is 0 Å². The van der Waals surface area contributed by atoms with E-state index in [9.17, 15) is 0 Å². The number of anilines is 1. The highest BCUT2D eigenvalue weighted by Gasteiger charge is 2.08. The minimum atomic E-state index is 0.340. The molecule has 2 heterocycles. The first-order chi connectivity index (χ1) is 9.19. The second kappa shape index (κ2) is 6.48. The molecule has 0 unspecified atom stereocenters. The highest BCUT2D eigenvalue weighted by molar-refractivity contribution is 7.99. The van der Waals surface area contributed by atoms with Gasteiger partial charge in [0.1, 0.15) is 0 Å². The van der Waals surface area contributed by atoms with Gasteiger partial charge < -0.3 is 0 Å². The Morgan fingerprint density at radius 1 is 1.37 bits per heavy atom. The van der Waals surface area contributed by atoms with E-state index in [1.165, 1.54) is 0 Å². The maximum absolute atomic E-state index is 5.38. The summed E-state index contributed by atoms with van der Waals surface area (Å²) in [7, 11) is 0. The van der Waals surface area contributed by atoms with Gasteiger partial charge in [-0.05, 0) is 18.4 Å². The topological polar surface area (TPSA) is 94.5 Å². The first kappa shape index (κ1) is 13.8. The van der Waals surface area contributed by atoms with Crippen LogP contribution < -0.4 is 11.3 Å². The Hall–Kier alpha value is -1.67. The lowest BCUT2D eigenvalue weighted by atomic mass is 10.2. The summed E-state index contributed by atoms with van der Waals surface area (Å²) < 4.78 is 1.58. The van der Waals surface area contributed by atoms with Crippen LogP contribution in [0.4, 0.5) is 5.95 Å². The van der Waals surface area contributed by atoms with E-state index in [1.54, 1.807) is 28.8 Å². The first-order valence-corrected chi connectivity index (χ1v) is 7.03. The van der Waals surface area contributed by atoms with Crippen LogP contribution in [0.3, 0.4) is 0 Å². The lowest BCUT2D eigenvalue weighted by Gasteiger charge is -2.07. The third-order valence-electron chi connectivity index (χ3n) is 2.37. The normalized spacial score (nSPS) is 10.9. The molecule has 0 aliphatic rings. The van der Waals surface area contributed by atoms with Crippen LogP contribution in [-0.2, 0) is 0 Å². The van der Waals surface area contributed by atoms with E-state index < -0.39 is 0 Å². The van der Waals surface area contributed by atoms with Gasteiger partial charge in [0.15, 0.2) is 5.16 Å². The Morgan fingerprint density at radius 3 is 2.84 bits per heavy atom. The molecule has 0 radical (unpaired) electrons. The maximum Gasteiger partial charge on any atom is 0.256 e. The molecule has 2 aromatic heterocycles. The summed E-state index contributed by atoms with van der Waals surface area (Å²) in [5.41, 5.74) is 2.45. The summed E-state index contributed by atoms with van der Waals surface area (Å²) >= 11 is 1.59. The summed E-state index contributed by atoms with van der Waals surface area (Å²) in [5.74, 6) is 7.80. The Kier molecular flexibility index (Phi) is 4.69. The minimum absolute atomic E-state index is 0.340. The second-order valence-electron chi connectivity index (χ2n) is 4.37. The van der Waals surface area contributed by atoms with Gasteiger partial charge in [0.25, 0.3) is 5.95 Å². The third kappa shape index (κ3) is 3.90. The number of nitrogens with one attached hydrogen (secondary N) is 1. The number of nitrogens with zero attached hydrogens (tertiary/aromatic N) is 5. The van der Waals surface area contributed by atoms with Crippen molar-refractivity contribution in [3.8, 4) is 5.95 Å². The van der Waals surface area contributed by atoms with Crippen molar-refractivity contribution in [2.45, 2.75) is 25.4 Å². The summed E-state index contributed by atoms with van der Waals surface area (Å²) in [5, 5.41) is 4.74. The molecule has 8 heteroatoms. The average Bonchev–Trinajstić information content (AvgIpc) is 2.92. The van der Waals surface area contributed by atoms with E-state index in [0.717, 1.165) is 12.2 Å². The van der Waals surface area contributed by atoms with Crippen LogP contribution >= 0.6 is 11.8 Å². The van der Waals surface area contributed by atoms with Crippen molar-refractivity contribution in [1.82, 2.24) is 24.7 Å². The number of hydrazine groups is 1. The fourth-order valence-corrected chi connectivity index (χ4v) is 2.42. The molecule has 0 atom stereocenters. The van der Waals surface area contributed by atoms with Crippen LogP contribution in [0.2, 0.25) is 0 Å². The van der Waals surface area contributed by atoms with Crippen molar-refractivity contribution < 1.29 is 0 Å². The van der Waals surface area contributed by atoms with E-state index in [2.05, 4.69) is 39.3 Å². The summed E-state index contributed by atoms with van der Waals surface area (Å²) in [4.78, 5) is 12.8. The summed E-state index contributed by atoms with van der Waals surface area (Å²) in [6.07, 6.45) is 4.56. The zero-order valence-corrected chi connectivity index (χ0v) is 11.8. The maximum atomic E-state index is 5.38. The number of nitrogen functional groups attached to an aromatic ring is 1.